The minimum absolute atomic E-state index is 0.0475. The highest BCUT2D eigenvalue weighted by Gasteiger charge is 2.30. The maximum absolute atomic E-state index is 13.1. The van der Waals surface area contributed by atoms with Crippen LogP contribution in [0.2, 0.25) is 0 Å². The minimum Gasteiger partial charge on any atom is -0.335 e. The summed E-state index contributed by atoms with van der Waals surface area (Å²) in [5.41, 5.74) is 2.49. The number of nitrogens with one attached hydrogen (secondary N) is 1. The fourth-order valence-electron chi connectivity index (χ4n) is 3.54. The van der Waals surface area contributed by atoms with Gasteiger partial charge in [-0.3, -0.25) is 19.0 Å². The first kappa shape index (κ1) is 18.9. The number of anilines is 1. The molecule has 0 aliphatic carbocycles. The summed E-state index contributed by atoms with van der Waals surface area (Å²) in [6.07, 6.45) is 4.15. The van der Waals surface area contributed by atoms with E-state index in [-0.39, 0.29) is 23.7 Å². The van der Waals surface area contributed by atoms with Crippen LogP contribution in [0.15, 0.2) is 42.7 Å². The first-order valence-corrected chi connectivity index (χ1v) is 9.31. The Hall–Kier alpha value is -3.49. The molecule has 3 aromatic rings. The third-order valence-corrected chi connectivity index (χ3v) is 4.99. The summed E-state index contributed by atoms with van der Waals surface area (Å²) in [5.74, 6) is -0.574. The lowest BCUT2D eigenvalue weighted by molar-refractivity contribution is -0.114. The van der Waals surface area contributed by atoms with Crippen LogP contribution in [0, 0.1) is 5.82 Å². The summed E-state index contributed by atoms with van der Waals surface area (Å²) in [7, 11) is 1.72. The van der Waals surface area contributed by atoms with Crippen LogP contribution < -0.4 is 5.32 Å². The monoisotopic (exact) mass is 396 g/mol. The molecule has 8 nitrogen and oxygen atoms in total. The molecule has 1 aliphatic heterocycles. The summed E-state index contributed by atoms with van der Waals surface area (Å²) in [4.78, 5) is 26.0. The molecule has 1 fully saturated rings. The van der Waals surface area contributed by atoms with Crippen LogP contribution >= 0.6 is 0 Å². The zero-order valence-electron chi connectivity index (χ0n) is 16.2. The van der Waals surface area contributed by atoms with Gasteiger partial charge in [0.1, 0.15) is 11.5 Å². The summed E-state index contributed by atoms with van der Waals surface area (Å²) < 4.78 is 16.5. The van der Waals surface area contributed by atoms with Crippen LogP contribution in [0.25, 0.3) is 11.3 Å². The van der Waals surface area contributed by atoms with Crippen molar-refractivity contribution in [3.05, 3.63) is 54.2 Å². The molecule has 0 spiro atoms. The second kappa shape index (κ2) is 7.50. The molecule has 1 aromatic carbocycles. The Bertz CT molecular complexity index is 1060. The van der Waals surface area contributed by atoms with Crippen molar-refractivity contribution in [1.82, 2.24) is 24.5 Å². The standard InChI is InChI=1S/C20H21FN6O2/c1-13(28)23-16-10-22-27(11-16)17-7-8-26(12-17)20(29)19-9-18(24-25(19)2)14-3-5-15(21)6-4-14/h3-6,9-11,17H,7-8,12H2,1-2H3,(H,23,28). The molecule has 9 heteroatoms. The lowest BCUT2D eigenvalue weighted by Crippen LogP contribution is -2.30. The Morgan fingerprint density at radius 3 is 2.72 bits per heavy atom. The van der Waals surface area contributed by atoms with Gasteiger partial charge in [0.25, 0.3) is 5.91 Å². The van der Waals surface area contributed by atoms with Crippen LogP contribution in [0.4, 0.5) is 10.1 Å². The van der Waals surface area contributed by atoms with Gasteiger partial charge in [-0.05, 0) is 36.8 Å². The van der Waals surface area contributed by atoms with E-state index in [9.17, 15) is 14.0 Å². The number of rotatable bonds is 4. The number of nitrogens with zero attached hydrogens (tertiary/aromatic N) is 5. The van der Waals surface area contributed by atoms with Gasteiger partial charge in [-0.2, -0.15) is 10.2 Å². The SMILES string of the molecule is CC(=O)Nc1cnn(C2CCN(C(=O)c3cc(-c4ccc(F)cc4)nn3C)C2)c1. The first-order chi connectivity index (χ1) is 13.9. The highest BCUT2D eigenvalue weighted by atomic mass is 19.1. The average molecular weight is 396 g/mol. The topological polar surface area (TPSA) is 85.1 Å². The number of aryl methyl sites for hydroxylation is 1. The van der Waals surface area contributed by atoms with Crippen LogP contribution in [0.5, 0.6) is 0 Å². The molecule has 2 aromatic heterocycles. The number of hydrogen-bond donors (Lipinski definition) is 1. The molecule has 3 heterocycles. The van der Waals surface area contributed by atoms with E-state index in [1.165, 1.54) is 19.1 Å². The number of hydrogen-bond acceptors (Lipinski definition) is 4. The van der Waals surface area contributed by atoms with E-state index >= 15 is 0 Å². The summed E-state index contributed by atoms with van der Waals surface area (Å²) in [5, 5.41) is 11.4. The largest absolute Gasteiger partial charge is 0.335 e. The Balaban J connectivity index is 1.47. The molecule has 1 saturated heterocycles. The van der Waals surface area contributed by atoms with Crippen LogP contribution in [-0.4, -0.2) is 49.4 Å². The van der Waals surface area contributed by atoms with Crippen molar-refractivity contribution in [2.45, 2.75) is 19.4 Å². The number of carbonyl (C=O) groups excluding carboxylic acids is 2. The molecule has 1 unspecified atom stereocenters. The average Bonchev–Trinajstić information content (AvgIpc) is 3.41. The van der Waals surface area contributed by atoms with E-state index in [1.807, 2.05) is 0 Å². The highest BCUT2D eigenvalue weighted by molar-refractivity contribution is 5.94. The maximum atomic E-state index is 13.1. The van der Waals surface area contributed by atoms with E-state index in [0.29, 0.717) is 30.2 Å². The van der Waals surface area contributed by atoms with Crippen molar-refractivity contribution in [3.63, 3.8) is 0 Å². The second-order valence-corrected chi connectivity index (χ2v) is 7.13. The molecular weight excluding hydrogens is 375 g/mol. The van der Waals surface area contributed by atoms with Crippen molar-refractivity contribution in [2.75, 3.05) is 18.4 Å². The number of benzene rings is 1. The van der Waals surface area contributed by atoms with Crippen molar-refractivity contribution in [2.24, 2.45) is 7.05 Å². The van der Waals surface area contributed by atoms with Gasteiger partial charge >= 0.3 is 0 Å². The van der Waals surface area contributed by atoms with Crippen LogP contribution in [0.1, 0.15) is 29.9 Å². The lowest BCUT2D eigenvalue weighted by Gasteiger charge is -2.16. The predicted octanol–water partition coefficient (Wildman–Crippen LogP) is 2.47. The van der Waals surface area contributed by atoms with E-state index in [2.05, 4.69) is 15.5 Å². The molecule has 2 amide bonds. The number of aromatic nitrogens is 4. The van der Waals surface area contributed by atoms with E-state index in [4.69, 9.17) is 0 Å². The maximum Gasteiger partial charge on any atom is 0.272 e. The Morgan fingerprint density at radius 1 is 1.24 bits per heavy atom. The lowest BCUT2D eigenvalue weighted by atomic mass is 10.1. The highest BCUT2D eigenvalue weighted by Crippen LogP contribution is 2.25. The van der Waals surface area contributed by atoms with Gasteiger partial charge in [-0.1, -0.05) is 0 Å². The quantitative estimate of drug-likeness (QED) is 0.734. The number of halogens is 1. The number of amides is 2. The summed E-state index contributed by atoms with van der Waals surface area (Å²) in [6, 6.07) is 7.80. The van der Waals surface area contributed by atoms with E-state index in [1.54, 1.807) is 51.9 Å². The minimum atomic E-state index is -0.315. The van der Waals surface area contributed by atoms with E-state index < -0.39 is 0 Å². The van der Waals surface area contributed by atoms with Crippen LogP contribution in [0.3, 0.4) is 0 Å². The van der Waals surface area contributed by atoms with Gasteiger partial charge in [-0.25, -0.2) is 4.39 Å². The molecule has 29 heavy (non-hydrogen) atoms. The Kier molecular flexibility index (Phi) is 4.87. The zero-order valence-corrected chi connectivity index (χ0v) is 16.2. The Morgan fingerprint density at radius 2 is 2.00 bits per heavy atom. The predicted molar refractivity (Wildman–Crippen MR) is 105 cm³/mol. The molecule has 0 bridgehead atoms. The molecule has 1 aliphatic rings. The fraction of sp³-hybridized carbons (Fsp3) is 0.300. The molecular formula is C20H21FN6O2. The van der Waals surface area contributed by atoms with Gasteiger partial charge < -0.3 is 10.2 Å². The van der Waals surface area contributed by atoms with Crippen LogP contribution in [-0.2, 0) is 11.8 Å². The normalized spacial score (nSPS) is 16.2. The van der Waals surface area contributed by atoms with E-state index in [0.717, 1.165) is 12.0 Å². The third kappa shape index (κ3) is 3.89. The second-order valence-electron chi connectivity index (χ2n) is 7.13. The Labute approximate surface area is 166 Å². The molecule has 0 saturated carbocycles. The van der Waals surface area contributed by atoms with Crippen molar-refractivity contribution >= 4 is 17.5 Å². The third-order valence-electron chi connectivity index (χ3n) is 4.99. The molecule has 1 N–H and O–H groups in total. The van der Waals surface area contributed by atoms with Gasteiger partial charge in [0.15, 0.2) is 0 Å². The first-order valence-electron chi connectivity index (χ1n) is 9.31. The van der Waals surface area contributed by atoms with Crippen molar-refractivity contribution < 1.29 is 14.0 Å². The van der Waals surface area contributed by atoms with Gasteiger partial charge in [0.05, 0.1) is 23.6 Å². The molecule has 0 radical (unpaired) electrons. The molecule has 4 rings (SSSR count). The molecule has 150 valence electrons. The van der Waals surface area contributed by atoms with Crippen molar-refractivity contribution in [3.8, 4) is 11.3 Å². The van der Waals surface area contributed by atoms with Gasteiger partial charge in [-0.15, -0.1) is 0 Å². The smallest absolute Gasteiger partial charge is 0.272 e. The number of carbonyl (C=O) groups is 2. The number of likely N-dealkylation sites (tertiary alicyclic amines) is 1. The fourth-order valence-corrected chi connectivity index (χ4v) is 3.54. The summed E-state index contributed by atoms with van der Waals surface area (Å²) >= 11 is 0. The zero-order chi connectivity index (χ0) is 20.5. The van der Waals surface area contributed by atoms with Crippen molar-refractivity contribution in [1.29, 1.82) is 0 Å². The van der Waals surface area contributed by atoms with Gasteiger partial charge in [0, 0.05) is 38.8 Å². The summed E-state index contributed by atoms with van der Waals surface area (Å²) in [6.45, 7) is 2.58. The van der Waals surface area contributed by atoms with Gasteiger partial charge in [0.2, 0.25) is 5.91 Å². The molecule has 1 atom stereocenters.